The quantitative estimate of drug-likeness (QED) is 0.368. The van der Waals surface area contributed by atoms with Crippen molar-refractivity contribution in [2.24, 2.45) is 11.8 Å². The Balaban J connectivity index is 1.22. The molecule has 2 saturated heterocycles. The van der Waals surface area contributed by atoms with Gasteiger partial charge < -0.3 is 20.1 Å². The fourth-order valence-electron chi connectivity index (χ4n) is 5.37. The zero-order chi connectivity index (χ0) is 27.2. The molecule has 3 N–H and O–H groups in total. The van der Waals surface area contributed by atoms with Crippen molar-refractivity contribution in [1.82, 2.24) is 20.2 Å². The fraction of sp³-hybridized carbons (Fsp3) is 0.419. The van der Waals surface area contributed by atoms with Crippen molar-refractivity contribution in [3.05, 3.63) is 93.2 Å². The third-order valence-electron chi connectivity index (χ3n) is 7.70. The Hall–Kier alpha value is -3.51. The van der Waals surface area contributed by atoms with E-state index in [0.29, 0.717) is 30.5 Å². The van der Waals surface area contributed by atoms with Crippen LogP contribution in [0, 0.1) is 23.7 Å². The standard InChI is InChI=1S/C31H35FN4O3/c1-21(13-32)33-14-26(12-29-30(37)31(38)35-20-34-29)25-10-8-23(9-11-25)3-2-22-4-6-24(7-5-22)15-36-16-27-18-39-19-28(27)17-36/h4-11,20-21,26-28,33,37H,12-19H2,1H3,(H,34,35,38)/t21-,26-,27?,28?/m0/s1. The van der Waals surface area contributed by atoms with E-state index in [1.54, 1.807) is 6.92 Å². The second-order valence-electron chi connectivity index (χ2n) is 10.7. The molecule has 1 aromatic heterocycles. The van der Waals surface area contributed by atoms with Gasteiger partial charge in [0.2, 0.25) is 5.75 Å². The zero-order valence-corrected chi connectivity index (χ0v) is 22.2. The molecule has 3 heterocycles. The predicted molar refractivity (Wildman–Crippen MR) is 148 cm³/mol. The van der Waals surface area contributed by atoms with Crippen LogP contribution in [0.3, 0.4) is 0 Å². The molecule has 0 amide bonds. The van der Waals surface area contributed by atoms with E-state index in [9.17, 15) is 14.3 Å². The number of hydrogen-bond acceptors (Lipinski definition) is 6. The summed E-state index contributed by atoms with van der Waals surface area (Å²) in [6.45, 7) is 6.78. The molecule has 3 aromatic rings. The summed E-state index contributed by atoms with van der Waals surface area (Å²) < 4.78 is 18.6. The minimum absolute atomic E-state index is 0.114. The number of halogens is 1. The molecule has 0 bridgehead atoms. The van der Waals surface area contributed by atoms with Gasteiger partial charge in [-0.05, 0) is 42.3 Å². The zero-order valence-electron chi connectivity index (χ0n) is 22.2. The second-order valence-corrected chi connectivity index (χ2v) is 10.7. The highest BCUT2D eigenvalue weighted by molar-refractivity contribution is 5.44. The number of hydrogen-bond donors (Lipinski definition) is 3. The van der Waals surface area contributed by atoms with Gasteiger partial charge in [0.1, 0.15) is 6.67 Å². The normalized spacial score (nSPS) is 20.3. The molecule has 2 aliphatic rings. The summed E-state index contributed by atoms with van der Waals surface area (Å²) in [5, 5.41) is 13.3. The molecule has 204 valence electrons. The summed E-state index contributed by atoms with van der Waals surface area (Å²) in [6, 6.07) is 16.1. The van der Waals surface area contributed by atoms with Crippen LogP contribution in [0.4, 0.5) is 4.39 Å². The number of nitrogens with one attached hydrogen (secondary N) is 2. The van der Waals surface area contributed by atoms with Crippen molar-refractivity contribution in [2.75, 3.05) is 39.5 Å². The minimum atomic E-state index is -0.573. The van der Waals surface area contributed by atoms with Crippen LogP contribution in [0.25, 0.3) is 0 Å². The Morgan fingerprint density at radius 3 is 2.38 bits per heavy atom. The Morgan fingerprint density at radius 1 is 1.10 bits per heavy atom. The Labute approximate surface area is 228 Å². The first-order valence-electron chi connectivity index (χ1n) is 13.5. The highest BCUT2D eigenvalue weighted by Crippen LogP contribution is 2.30. The third kappa shape index (κ3) is 6.93. The maximum absolute atomic E-state index is 13.0. The highest BCUT2D eigenvalue weighted by atomic mass is 19.1. The number of likely N-dealkylation sites (tertiary alicyclic amines) is 1. The Kier molecular flexibility index (Phi) is 8.72. The van der Waals surface area contributed by atoms with Crippen molar-refractivity contribution in [2.45, 2.75) is 31.8 Å². The summed E-state index contributed by atoms with van der Waals surface area (Å²) in [6.07, 6.45) is 1.62. The molecule has 2 unspecified atom stereocenters. The van der Waals surface area contributed by atoms with Gasteiger partial charge in [-0.25, -0.2) is 9.37 Å². The summed E-state index contributed by atoms with van der Waals surface area (Å²) in [4.78, 5) is 20.8. The van der Waals surface area contributed by atoms with Crippen molar-refractivity contribution in [1.29, 1.82) is 0 Å². The number of fused-ring (bicyclic) bond motifs is 1. The molecule has 39 heavy (non-hydrogen) atoms. The first-order valence-corrected chi connectivity index (χ1v) is 13.5. The molecular weight excluding hydrogens is 495 g/mol. The molecular formula is C31H35FN4O3. The molecule has 0 saturated carbocycles. The minimum Gasteiger partial charge on any atom is -0.502 e. The molecule has 0 radical (unpaired) electrons. The van der Waals surface area contributed by atoms with Crippen LogP contribution in [0.1, 0.15) is 40.8 Å². The van der Waals surface area contributed by atoms with Gasteiger partial charge >= 0.3 is 0 Å². The Bertz CT molecular complexity index is 1350. The largest absolute Gasteiger partial charge is 0.502 e. The van der Waals surface area contributed by atoms with Gasteiger partial charge in [0.15, 0.2) is 0 Å². The average molecular weight is 531 g/mol. The molecule has 8 heteroatoms. The number of aromatic amines is 1. The number of H-pyrrole nitrogens is 1. The SMILES string of the molecule is C[C@@H](CF)NC[C@H](Cc1nc[nH]c(=O)c1O)c1ccc(C#Cc2ccc(CN3CC4COCC4C3)cc2)cc1. The van der Waals surface area contributed by atoms with Crippen LogP contribution in [0.5, 0.6) is 5.75 Å². The van der Waals surface area contributed by atoms with Gasteiger partial charge in [0.05, 0.1) is 25.2 Å². The topological polar surface area (TPSA) is 90.5 Å². The lowest BCUT2D eigenvalue weighted by Gasteiger charge is -2.20. The highest BCUT2D eigenvalue weighted by Gasteiger charge is 2.36. The summed E-state index contributed by atoms with van der Waals surface area (Å²) in [5.74, 6) is 7.37. The number of alkyl halides is 1. The van der Waals surface area contributed by atoms with Crippen molar-refractivity contribution in [3.63, 3.8) is 0 Å². The van der Waals surface area contributed by atoms with E-state index in [0.717, 1.165) is 49.5 Å². The van der Waals surface area contributed by atoms with Gasteiger partial charge in [-0.2, -0.15) is 0 Å². The van der Waals surface area contributed by atoms with E-state index < -0.39 is 12.2 Å². The summed E-state index contributed by atoms with van der Waals surface area (Å²) in [5.41, 5.74) is 3.88. The number of rotatable bonds is 9. The van der Waals surface area contributed by atoms with E-state index in [1.807, 2.05) is 24.3 Å². The third-order valence-corrected chi connectivity index (χ3v) is 7.70. The predicted octanol–water partition coefficient (Wildman–Crippen LogP) is 3.23. The number of ether oxygens (including phenoxy) is 1. The second kappa shape index (κ2) is 12.6. The van der Waals surface area contributed by atoms with Gasteiger partial charge in [-0.3, -0.25) is 9.69 Å². The van der Waals surface area contributed by atoms with Crippen LogP contribution >= 0.6 is 0 Å². The van der Waals surface area contributed by atoms with Crippen LogP contribution in [0.2, 0.25) is 0 Å². The summed E-state index contributed by atoms with van der Waals surface area (Å²) >= 11 is 0. The van der Waals surface area contributed by atoms with E-state index in [4.69, 9.17) is 4.74 Å². The number of aromatic nitrogens is 2. The molecule has 0 aliphatic carbocycles. The van der Waals surface area contributed by atoms with Crippen molar-refractivity contribution in [3.8, 4) is 17.6 Å². The van der Waals surface area contributed by atoms with Crippen LogP contribution < -0.4 is 10.9 Å². The maximum Gasteiger partial charge on any atom is 0.293 e. The smallest absolute Gasteiger partial charge is 0.293 e. The number of aromatic hydroxyl groups is 1. The van der Waals surface area contributed by atoms with Crippen molar-refractivity contribution >= 4 is 0 Å². The number of benzene rings is 2. The van der Waals surface area contributed by atoms with E-state index in [2.05, 4.69) is 56.3 Å². The fourth-order valence-corrected chi connectivity index (χ4v) is 5.37. The number of nitrogens with zero attached hydrogens (tertiary/aromatic N) is 2. The van der Waals surface area contributed by atoms with Gasteiger partial charge in [0, 0.05) is 67.5 Å². The molecule has 2 aliphatic heterocycles. The molecule has 7 nitrogen and oxygen atoms in total. The maximum atomic E-state index is 13.0. The lowest BCUT2D eigenvalue weighted by Crippen LogP contribution is -2.32. The van der Waals surface area contributed by atoms with Crippen LogP contribution in [-0.4, -0.2) is 65.5 Å². The lowest BCUT2D eigenvalue weighted by atomic mass is 9.92. The van der Waals surface area contributed by atoms with E-state index in [1.165, 1.54) is 11.9 Å². The molecule has 4 atom stereocenters. The van der Waals surface area contributed by atoms with Crippen LogP contribution in [0.15, 0.2) is 59.7 Å². The lowest BCUT2D eigenvalue weighted by molar-refractivity contribution is 0.153. The van der Waals surface area contributed by atoms with Crippen LogP contribution in [-0.2, 0) is 17.7 Å². The van der Waals surface area contributed by atoms with Crippen molar-refractivity contribution < 1.29 is 14.2 Å². The molecule has 2 fully saturated rings. The summed E-state index contributed by atoms with van der Waals surface area (Å²) in [7, 11) is 0. The van der Waals surface area contributed by atoms with E-state index >= 15 is 0 Å². The Morgan fingerprint density at radius 2 is 1.74 bits per heavy atom. The monoisotopic (exact) mass is 530 g/mol. The van der Waals surface area contributed by atoms with Gasteiger partial charge in [0.25, 0.3) is 5.56 Å². The average Bonchev–Trinajstić information content (AvgIpc) is 3.55. The molecule has 0 spiro atoms. The van der Waals surface area contributed by atoms with E-state index in [-0.39, 0.29) is 17.7 Å². The molecule has 5 rings (SSSR count). The van der Waals surface area contributed by atoms with Gasteiger partial charge in [-0.15, -0.1) is 0 Å². The first kappa shape index (κ1) is 27.1. The van der Waals surface area contributed by atoms with Gasteiger partial charge in [-0.1, -0.05) is 36.1 Å². The first-order chi connectivity index (χ1) is 19.0. The molecule has 2 aromatic carbocycles.